The van der Waals surface area contributed by atoms with E-state index in [4.69, 9.17) is 0 Å². The average Bonchev–Trinajstić information content (AvgIpc) is 3.14. The van der Waals surface area contributed by atoms with E-state index in [0.717, 1.165) is 23.4 Å². The Morgan fingerprint density at radius 3 is 2.33 bits per heavy atom. The van der Waals surface area contributed by atoms with E-state index in [9.17, 15) is 17.6 Å². The highest BCUT2D eigenvalue weighted by Crippen LogP contribution is 2.35. The third-order valence-corrected chi connectivity index (χ3v) is 9.04. The van der Waals surface area contributed by atoms with Crippen molar-refractivity contribution in [2.75, 3.05) is 19.6 Å². The van der Waals surface area contributed by atoms with Crippen molar-refractivity contribution in [3.05, 3.63) is 96.1 Å². The maximum atomic E-state index is 13.6. The number of carbonyl (C=O) groups is 1. The highest BCUT2D eigenvalue weighted by Gasteiger charge is 2.52. The van der Waals surface area contributed by atoms with Gasteiger partial charge in [0.1, 0.15) is 5.82 Å². The molecule has 188 valence electrons. The minimum atomic E-state index is -3.75. The molecule has 0 aliphatic carbocycles. The van der Waals surface area contributed by atoms with Gasteiger partial charge in [-0.25, -0.2) is 12.8 Å². The average molecular weight is 509 g/mol. The lowest BCUT2D eigenvalue weighted by molar-refractivity contribution is -0.133. The van der Waals surface area contributed by atoms with E-state index in [0.29, 0.717) is 32.2 Å². The molecule has 0 unspecified atom stereocenters. The van der Waals surface area contributed by atoms with Crippen LogP contribution in [0.4, 0.5) is 4.39 Å². The van der Waals surface area contributed by atoms with Crippen molar-refractivity contribution in [3.8, 4) is 0 Å². The second-order valence-corrected chi connectivity index (χ2v) is 11.3. The summed E-state index contributed by atoms with van der Waals surface area (Å²) in [4.78, 5) is 20.0. The lowest BCUT2D eigenvalue weighted by Crippen LogP contribution is -2.59. The number of rotatable bonds is 7. The molecule has 2 saturated heterocycles. The molecule has 9 heteroatoms. The van der Waals surface area contributed by atoms with Crippen LogP contribution >= 0.6 is 0 Å². The van der Waals surface area contributed by atoms with Crippen LogP contribution in [-0.2, 0) is 27.7 Å². The Hall–Kier alpha value is -3.14. The van der Waals surface area contributed by atoms with E-state index in [1.54, 1.807) is 6.20 Å². The molecule has 2 aliphatic heterocycles. The molecule has 0 bridgehead atoms. The molecule has 1 N–H and O–H groups in total. The van der Waals surface area contributed by atoms with Crippen LogP contribution in [0.2, 0.25) is 0 Å². The summed E-state index contributed by atoms with van der Waals surface area (Å²) >= 11 is 0. The first-order valence-electron chi connectivity index (χ1n) is 12.2. The molecule has 36 heavy (non-hydrogen) atoms. The number of halogens is 1. The molecule has 1 spiro atoms. The normalized spacial score (nSPS) is 20.2. The minimum absolute atomic E-state index is 0.0321. The van der Waals surface area contributed by atoms with Gasteiger partial charge in [-0.05, 0) is 61.2 Å². The molecule has 2 fully saturated rings. The maximum absolute atomic E-state index is 13.6. The zero-order chi connectivity index (χ0) is 25.2. The van der Waals surface area contributed by atoms with Crippen LogP contribution < -0.4 is 5.32 Å². The summed E-state index contributed by atoms with van der Waals surface area (Å²) in [6.45, 7) is 1.02. The Kier molecular flexibility index (Phi) is 6.87. The molecule has 0 radical (unpaired) electrons. The fourth-order valence-electron chi connectivity index (χ4n) is 5.21. The number of benzene rings is 2. The third-order valence-electron chi connectivity index (χ3n) is 7.13. The van der Waals surface area contributed by atoms with Crippen molar-refractivity contribution in [2.45, 2.75) is 42.3 Å². The number of nitrogens with one attached hydrogen (secondary N) is 1. The second kappa shape index (κ2) is 10.1. The van der Waals surface area contributed by atoms with Crippen LogP contribution in [0.5, 0.6) is 0 Å². The van der Waals surface area contributed by atoms with Gasteiger partial charge in [-0.3, -0.25) is 15.1 Å². The minimum Gasteiger partial charge on any atom is -0.323 e. The first-order valence-corrected chi connectivity index (χ1v) is 13.6. The summed E-state index contributed by atoms with van der Waals surface area (Å²) in [5.74, 6) is -0.446. The Morgan fingerprint density at radius 1 is 0.972 bits per heavy atom. The van der Waals surface area contributed by atoms with Crippen molar-refractivity contribution in [2.24, 2.45) is 0 Å². The number of aromatic nitrogens is 1. The topological polar surface area (TPSA) is 82.6 Å². The zero-order valence-electron chi connectivity index (χ0n) is 19.9. The van der Waals surface area contributed by atoms with Crippen LogP contribution in [0.3, 0.4) is 0 Å². The van der Waals surface area contributed by atoms with Gasteiger partial charge in [-0.15, -0.1) is 0 Å². The Morgan fingerprint density at radius 2 is 1.67 bits per heavy atom. The smallest absolute Gasteiger partial charge is 0.243 e. The molecule has 7 nitrogen and oxygen atoms in total. The summed E-state index contributed by atoms with van der Waals surface area (Å²) in [5.41, 5.74) is 1.35. The largest absolute Gasteiger partial charge is 0.323 e. The third kappa shape index (κ3) is 4.91. The number of nitrogens with zero attached hydrogens (tertiary/aromatic N) is 3. The summed E-state index contributed by atoms with van der Waals surface area (Å²) in [6.07, 6.45) is 3.86. The molecule has 2 aromatic carbocycles. The standard InChI is InChI=1S/C27H29FN4O3S/c28-22-9-11-24(12-10-22)36(34,35)31-18-14-27(15-19-31)30-25(20-21-6-2-1-3-7-21)26(33)32(27)17-13-23-8-4-5-16-29-23/h1-12,16,25,30H,13-15,17-20H2/t25-/m0/s1. The van der Waals surface area contributed by atoms with Crippen LogP contribution in [0, 0.1) is 5.82 Å². The lowest BCUT2D eigenvalue weighted by atomic mass is 9.97. The molecule has 1 atom stereocenters. The van der Waals surface area contributed by atoms with E-state index in [1.165, 1.54) is 16.4 Å². The van der Waals surface area contributed by atoms with Crippen molar-refractivity contribution in [3.63, 3.8) is 0 Å². The van der Waals surface area contributed by atoms with E-state index in [1.807, 2.05) is 53.4 Å². The predicted molar refractivity (Wildman–Crippen MR) is 134 cm³/mol. The summed E-state index contributed by atoms with van der Waals surface area (Å²) in [7, 11) is -3.75. The highest BCUT2D eigenvalue weighted by atomic mass is 32.2. The fraction of sp³-hybridized carbons (Fsp3) is 0.333. The lowest BCUT2D eigenvalue weighted by Gasteiger charge is -2.44. The molecule has 1 amide bonds. The quantitative estimate of drug-likeness (QED) is 0.531. The van der Waals surface area contributed by atoms with Crippen molar-refractivity contribution < 1.29 is 17.6 Å². The van der Waals surface area contributed by atoms with Crippen LogP contribution in [0.25, 0.3) is 0 Å². The van der Waals surface area contributed by atoms with E-state index >= 15 is 0 Å². The first kappa shape index (κ1) is 24.5. The van der Waals surface area contributed by atoms with E-state index in [2.05, 4.69) is 10.3 Å². The van der Waals surface area contributed by atoms with Gasteiger partial charge < -0.3 is 4.90 Å². The van der Waals surface area contributed by atoms with E-state index in [-0.39, 0.29) is 29.9 Å². The molecular weight excluding hydrogens is 479 g/mol. The first-order chi connectivity index (χ1) is 17.4. The number of hydrogen-bond donors (Lipinski definition) is 1. The van der Waals surface area contributed by atoms with Crippen LogP contribution in [0.1, 0.15) is 24.1 Å². The van der Waals surface area contributed by atoms with Gasteiger partial charge in [0, 0.05) is 37.9 Å². The number of hydrogen-bond acceptors (Lipinski definition) is 5. The van der Waals surface area contributed by atoms with Gasteiger partial charge in [0.25, 0.3) is 0 Å². The van der Waals surface area contributed by atoms with Gasteiger partial charge in [-0.1, -0.05) is 36.4 Å². The van der Waals surface area contributed by atoms with Gasteiger partial charge in [0.15, 0.2) is 0 Å². The molecule has 5 rings (SSSR count). The van der Waals surface area contributed by atoms with Crippen LogP contribution in [0.15, 0.2) is 83.9 Å². The van der Waals surface area contributed by atoms with Gasteiger partial charge in [0.2, 0.25) is 15.9 Å². The number of amides is 1. The Labute approximate surface area is 211 Å². The number of piperidine rings is 1. The fourth-order valence-corrected chi connectivity index (χ4v) is 6.66. The number of sulfonamides is 1. The van der Waals surface area contributed by atoms with E-state index < -0.39 is 21.5 Å². The van der Waals surface area contributed by atoms with Crippen molar-refractivity contribution in [1.29, 1.82) is 0 Å². The Balaban J connectivity index is 1.35. The number of pyridine rings is 1. The monoisotopic (exact) mass is 508 g/mol. The van der Waals surface area contributed by atoms with Gasteiger partial charge >= 0.3 is 0 Å². The molecule has 0 saturated carbocycles. The van der Waals surface area contributed by atoms with Crippen LogP contribution in [-0.4, -0.2) is 59.9 Å². The van der Waals surface area contributed by atoms with Crippen molar-refractivity contribution in [1.82, 2.24) is 19.5 Å². The summed E-state index contributed by atoms with van der Waals surface area (Å²) in [6, 6.07) is 20.1. The number of carbonyl (C=O) groups excluding carboxylic acids is 1. The summed E-state index contributed by atoms with van der Waals surface area (Å²) in [5, 5.41) is 3.60. The summed E-state index contributed by atoms with van der Waals surface area (Å²) < 4.78 is 41.1. The molecule has 1 aromatic heterocycles. The molecule has 3 heterocycles. The molecule has 2 aliphatic rings. The highest BCUT2D eigenvalue weighted by molar-refractivity contribution is 7.89. The maximum Gasteiger partial charge on any atom is 0.243 e. The van der Waals surface area contributed by atoms with Crippen molar-refractivity contribution >= 4 is 15.9 Å². The Bertz CT molecular complexity index is 1300. The molecular formula is C27H29FN4O3S. The second-order valence-electron chi connectivity index (χ2n) is 9.34. The SMILES string of the molecule is O=C1[C@H](Cc2ccccc2)NC2(CCN(S(=O)(=O)c3ccc(F)cc3)CC2)N1CCc1ccccn1. The van der Waals surface area contributed by atoms with Gasteiger partial charge in [-0.2, -0.15) is 4.31 Å². The molecule has 3 aromatic rings. The zero-order valence-corrected chi connectivity index (χ0v) is 20.7. The van der Waals surface area contributed by atoms with Gasteiger partial charge in [0.05, 0.1) is 16.6 Å². The predicted octanol–water partition coefficient (Wildman–Crippen LogP) is 2.99.